The summed E-state index contributed by atoms with van der Waals surface area (Å²) in [5, 5.41) is 0.868. The molecule has 116 valence electrons. The van der Waals surface area contributed by atoms with Crippen LogP contribution in [0.15, 0.2) is 18.2 Å². The van der Waals surface area contributed by atoms with Crippen LogP contribution in [-0.4, -0.2) is 47.0 Å². The molecule has 1 saturated heterocycles. The molecular weight excluding hydrogens is 302 g/mol. The van der Waals surface area contributed by atoms with Crippen molar-refractivity contribution in [2.24, 2.45) is 5.73 Å². The molecule has 1 aromatic carbocycles. The Bertz CT molecular complexity index is 498. The summed E-state index contributed by atoms with van der Waals surface area (Å²) in [5.74, 6) is 0. The Morgan fingerprint density at radius 3 is 2.52 bits per heavy atom. The van der Waals surface area contributed by atoms with Crippen LogP contribution in [0.4, 0.5) is 0 Å². The average molecular weight is 326 g/mol. The summed E-state index contributed by atoms with van der Waals surface area (Å²) in [4.78, 5) is 5.46. The van der Waals surface area contributed by atoms with Gasteiger partial charge in [0.1, 0.15) is 0 Å². The summed E-state index contributed by atoms with van der Waals surface area (Å²) < 4.78 is 0. The molecule has 0 amide bonds. The molecule has 2 rings (SSSR count). The van der Waals surface area contributed by atoms with Crippen LogP contribution < -0.4 is 5.73 Å². The van der Waals surface area contributed by atoms with E-state index < -0.39 is 0 Å². The van der Waals surface area contributed by atoms with Gasteiger partial charge >= 0.3 is 0 Å². The predicted octanol–water partition coefficient (Wildman–Crippen LogP) is 2.83. The minimum atomic E-state index is 0.241. The lowest BCUT2D eigenvalue weighted by molar-refractivity contribution is 0.112. The van der Waals surface area contributed by atoms with Crippen molar-refractivity contribution < 1.29 is 0 Å². The number of thiocarbonyl (C=S) groups is 1. The number of hydrogen-bond donors (Lipinski definition) is 1. The lowest BCUT2D eigenvalue weighted by atomic mass is 10.1. The zero-order valence-electron chi connectivity index (χ0n) is 12.8. The maximum atomic E-state index is 6.32. The molecule has 1 aliphatic rings. The summed E-state index contributed by atoms with van der Waals surface area (Å²) in [6.45, 7) is 9.21. The van der Waals surface area contributed by atoms with E-state index in [9.17, 15) is 0 Å². The lowest BCUT2D eigenvalue weighted by Crippen LogP contribution is -2.53. The monoisotopic (exact) mass is 325 g/mol. The van der Waals surface area contributed by atoms with Crippen LogP contribution in [0.25, 0.3) is 0 Å². The number of benzene rings is 1. The van der Waals surface area contributed by atoms with Gasteiger partial charge in [0.05, 0.1) is 11.0 Å². The Kier molecular flexibility index (Phi) is 5.99. The van der Waals surface area contributed by atoms with Crippen molar-refractivity contribution in [2.75, 3.05) is 26.2 Å². The normalized spacial score (nSPS) is 18.6. The van der Waals surface area contributed by atoms with Crippen molar-refractivity contribution in [1.82, 2.24) is 9.80 Å². The molecular formula is C16H24ClN3S. The largest absolute Gasteiger partial charge is 0.392 e. The molecule has 0 saturated carbocycles. The number of nitrogens with zero attached hydrogens (tertiary/aromatic N) is 2. The second-order valence-electron chi connectivity index (χ2n) is 5.73. The SMILES string of the molecule is CCC(C(N)=S)N1CCN(Cc2ccc(C)cc2Cl)CC1. The third-order valence-electron chi connectivity index (χ3n) is 4.17. The maximum absolute atomic E-state index is 6.32. The molecule has 1 aromatic rings. The fraction of sp³-hybridized carbons (Fsp3) is 0.562. The van der Waals surface area contributed by atoms with Crippen LogP contribution in [0.1, 0.15) is 24.5 Å². The Morgan fingerprint density at radius 1 is 1.33 bits per heavy atom. The van der Waals surface area contributed by atoms with Crippen LogP contribution in [-0.2, 0) is 6.54 Å². The molecule has 0 aliphatic carbocycles. The number of nitrogens with two attached hydrogens (primary N) is 1. The Hall–Kier alpha value is -0.680. The average Bonchev–Trinajstić information content (AvgIpc) is 2.44. The maximum Gasteiger partial charge on any atom is 0.0901 e. The molecule has 21 heavy (non-hydrogen) atoms. The fourth-order valence-corrected chi connectivity index (χ4v) is 3.50. The molecule has 1 heterocycles. The quantitative estimate of drug-likeness (QED) is 0.844. The van der Waals surface area contributed by atoms with E-state index in [1.165, 1.54) is 11.1 Å². The summed E-state index contributed by atoms with van der Waals surface area (Å²) in [6, 6.07) is 6.53. The molecule has 1 atom stereocenters. The van der Waals surface area contributed by atoms with Crippen LogP contribution in [0.5, 0.6) is 0 Å². The number of piperazine rings is 1. The highest BCUT2D eigenvalue weighted by Gasteiger charge is 2.24. The van der Waals surface area contributed by atoms with Gasteiger partial charge in [-0.2, -0.15) is 0 Å². The number of halogens is 1. The van der Waals surface area contributed by atoms with Crippen molar-refractivity contribution in [3.8, 4) is 0 Å². The van der Waals surface area contributed by atoms with Crippen LogP contribution in [0.2, 0.25) is 5.02 Å². The topological polar surface area (TPSA) is 32.5 Å². The second kappa shape index (κ2) is 7.54. The molecule has 3 nitrogen and oxygen atoms in total. The Labute approximate surface area is 138 Å². The highest BCUT2D eigenvalue weighted by molar-refractivity contribution is 7.80. The van der Waals surface area contributed by atoms with Crippen molar-refractivity contribution in [1.29, 1.82) is 0 Å². The Morgan fingerprint density at radius 2 is 2.00 bits per heavy atom. The second-order valence-corrected chi connectivity index (χ2v) is 6.61. The van der Waals surface area contributed by atoms with Gasteiger partial charge in [-0.05, 0) is 30.5 Å². The van der Waals surface area contributed by atoms with Crippen molar-refractivity contribution >= 4 is 28.8 Å². The molecule has 0 spiro atoms. The van der Waals surface area contributed by atoms with Crippen molar-refractivity contribution in [3.63, 3.8) is 0 Å². The predicted molar refractivity (Wildman–Crippen MR) is 93.9 cm³/mol. The number of hydrogen-bond acceptors (Lipinski definition) is 3. The molecule has 1 unspecified atom stereocenters. The third kappa shape index (κ3) is 4.39. The number of rotatable bonds is 5. The van der Waals surface area contributed by atoms with Gasteiger partial charge in [-0.1, -0.05) is 42.9 Å². The highest BCUT2D eigenvalue weighted by Crippen LogP contribution is 2.20. The van der Waals surface area contributed by atoms with Gasteiger partial charge in [0.2, 0.25) is 0 Å². The molecule has 1 aliphatic heterocycles. The van der Waals surface area contributed by atoms with Crippen molar-refractivity contribution in [3.05, 3.63) is 34.3 Å². The van der Waals surface area contributed by atoms with E-state index in [2.05, 4.69) is 35.8 Å². The molecule has 5 heteroatoms. The standard InChI is InChI=1S/C16H24ClN3S/c1-3-15(16(18)21)20-8-6-19(7-9-20)11-13-5-4-12(2)10-14(13)17/h4-5,10,15H,3,6-9,11H2,1-2H3,(H2,18,21). The molecule has 1 fully saturated rings. The van der Waals surface area contributed by atoms with Gasteiger partial charge in [-0.15, -0.1) is 0 Å². The van der Waals surface area contributed by atoms with Gasteiger partial charge in [0.25, 0.3) is 0 Å². The first-order valence-corrected chi connectivity index (χ1v) is 8.30. The third-order valence-corrected chi connectivity index (χ3v) is 4.79. The lowest BCUT2D eigenvalue weighted by Gasteiger charge is -2.38. The van der Waals surface area contributed by atoms with E-state index >= 15 is 0 Å². The first-order valence-electron chi connectivity index (χ1n) is 7.52. The van der Waals surface area contributed by atoms with E-state index in [4.69, 9.17) is 29.6 Å². The Balaban J connectivity index is 1.91. The first kappa shape index (κ1) is 16.7. The zero-order valence-corrected chi connectivity index (χ0v) is 14.4. The first-order chi connectivity index (χ1) is 10.0. The summed E-state index contributed by atoms with van der Waals surface area (Å²) >= 11 is 11.5. The van der Waals surface area contributed by atoms with Gasteiger partial charge in [0, 0.05) is 37.7 Å². The van der Waals surface area contributed by atoms with Crippen molar-refractivity contribution in [2.45, 2.75) is 32.9 Å². The van der Waals surface area contributed by atoms with Gasteiger partial charge in [-0.3, -0.25) is 9.80 Å². The fourth-order valence-electron chi connectivity index (χ4n) is 2.89. The summed E-state index contributed by atoms with van der Waals surface area (Å²) in [5.41, 5.74) is 8.24. The highest BCUT2D eigenvalue weighted by atomic mass is 35.5. The van der Waals surface area contributed by atoms with Gasteiger partial charge in [0.15, 0.2) is 0 Å². The summed E-state index contributed by atoms with van der Waals surface area (Å²) in [7, 11) is 0. The van der Waals surface area contributed by atoms with Crippen LogP contribution in [0.3, 0.4) is 0 Å². The van der Waals surface area contributed by atoms with E-state index in [0.29, 0.717) is 4.99 Å². The van der Waals surface area contributed by atoms with Gasteiger partial charge < -0.3 is 5.73 Å². The van der Waals surface area contributed by atoms with E-state index in [1.807, 2.05) is 6.07 Å². The van der Waals surface area contributed by atoms with E-state index in [0.717, 1.165) is 44.2 Å². The number of aryl methyl sites for hydroxylation is 1. The molecule has 0 radical (unpaired) electrons. The smallest absolute Gasteiger partial charge is 0.0901 e. The molecule has 0 bridgehead atoms. The van der Waals surface area contributed by atoms with Crippen LogP contribution in [0, 0.1) is 6.92 Å². The van der Waals surface area contributed by atoms with Crippen LogP contribution >= 0.6 is 23.8 Å². The minimum Gasteiger partial charge on any atom is -0.392 e. The van der Waals surface area contributed by atoms with E-state index in [-0.39, 0.29) is 6.04 Å². The minimum absolute atomic E-state index is 0.241. The molecule has 0 aromatic heterocycles. The van der Waals surface area contributed by atoms with E-state index in [1.54, 1.807) is 0 Å². The molecule has 2 N–H and O–H groups in total. The zero-order chi connectivity index (χ0) is 15.4. The van der Waals surface area contributed by atoms with Gasteiger partial charge in [-0.25, -0.2) is 0 Å². The summed E-state index contributed by atoms with van der Waals surface area (Å²) in [6.07, 6.45) is 0.985.